The molecule has 0 amide bonds. The van der Waals surface area contributed by atoms with E-state index in [1.54, 1.807) is 0 Å². The zero-order chi connectivity index (χ0) is 8.10. The number of rotatable bonds is 3. The third-order valence-electron chi connectivity index (χ3n) is 2.09. The molecule has 0 spiro atoms. The molecule has 1 aliphatic heterocycles. The van der Waals surface area contributed by atoms with E-state index >= 15 is 0 Å². The van der Waals surface area contributed by atoms with E-state index in [2.05, 4.69) is 15.3 Å². The van der Waals surface area contributed by atoms with E-state index in [1.165, 1.54) is 0 Å². The van der Waals surface area contributed by atoms with Crippen LogP contribution in [0.15, 0.2) is 0 Å². The van der Waals surface area contributed by atoms with Crippen LogP contribution in [0.2, 0.25) is 0 Å². The van der Waals surface area contributed by atoms with Gasteiger partial charge in [-0.3, -0.25) is 10.3 Å². The van der Waals surface area contributed by atoms with E-state index in [1.807, 2.05) is 7.05 Å². The Balaban J connectivity index is 2.14. The van der Waals surface area contributed by atoms with Gasteiger partial charge in [0.05, 0.1) is 0 Å². The third kappa shape index (κ3) is 2.73. The monoisotopic (exact) mass is 161 g/mol. The minimum atomic E-state index is -0.223. The van der Waals surface area contributed by atoms with Crippen molar-refractivity contribution >= 4 is 0 Å². The Hall–Kier alpha value is -0.190. The van der Waals surface area contributed by atoms with Gasteiger partial charge < -0.3 is 0 Å². The summed E-state index contributed by atoms with van der Waals surface area (Å²) in [7, 11) is 1.92. The fourth-order valence-electron chi connectivity index (χ4n) is 1.31. The Morgan fingerprint density at radius 1 is 1.27 bits per heavy atom. The number of halogens is 1. The molecule has 1 aliphatic rings. The molecule has 0 bridgehead atoms. The largest absolute Gasteiger partial charge is 0.298 e. The fraction of sp³-hybridized carbons (Fsp3) is 1.00. The molecule has 1 saturated heterocycles. The number of nitrogens with one attached hydrogen (secondary N) is 1. The molecule has 0 aromatic carbocycles. The van der Waals surface area contributed by atoms with E-state index in [0.29, 0.717) is 6.54 Å². The highest BCUT2D eigenvalue weighted by molar-refractivity contribution is 4.68. The number of hydrogen-bond donors (Lipinski definition) is 1. The van der Waals surface area contributed by atoms with Gasteiger partial charge in [0.15, 0.2) is 0 Å². The molecule has 1 heterocycles. The number of alkyl halides is 1. The van der Waals surface area contributed by atoms with Gasteiger partial charge in [-0.15, -0.1) is 0 Å². The van der Waals surface area contributed by atoms with Gasteiger partial charge in [0.25, 0.3) is 0 Å². The Labute approximate surface area is 67.1 Å². The molecule has 0 aromatic heterocycles. The van der Waals surface area contributed by atoms with Crippen molar-refractivity contribution < 1.29 is 4.39 Å². The van der Waals surface area contributed by atoms with Crippen LogP contribution in [0, 0.1) is 0 Å². The normalized spacial score (nSPS) is 22.4. The summed E-state index contributed by atoms with van der Waals surface area (Å²) in [5, 5.41) is 2.15. The molecular weight excluding hydrogens is 145 g/mol. The molecule has 0 unspecified atom stereocenters. The van der Waals surface area contributed by atoms with E-state index in [4.69, 9.17) is 0 Å². The quantitative estimate of drug-likeness (QED) is 0.613. The fourth-order valence-corrected chi connectivity index (χ4v) is 1.31. The van der Waals surface area contributed by atoms with Crippen molar-refractivity contribution in [3.8, 4) is 0 Å². The lowest BCUT2D eigenvalue weighted by molar-refractivity contribution is 0.0948. The van der Waals surface area contributed by atoms with Crippen LogP contribution in [0.5, 0.6) is 0 Å². The molecule has 0 saturated carbocycles. The molecule has 1 fully saturated rings. The molecule has 0 aromatic rings. The predicted molar refractivity (Wildman–Crippen MR) is 43.0 cm³/mol. The van der Waals surface area contributed by atoms with Gasteiger partial charge in [0, 0.05) is 32.7 Å². The summed E-state index contributed by atoms with van der Waals surface area (Å²) < 4.78 is 11.9. The Morgan fingerprint density at radius 3 is 2.36 bits per heavy atom. The van der Waals surface area contributed by atoms with Crippen LogP contribution in [-0.4, -0.2) is 56.4 Å². The van der Waals surface area contributed by atoms with Gasteiger partial charge in [0.1, 0.15) is 6.67 Å². The first-order valence-electron chi connectivity index (χ1n) is 4.07. The second-order valence-corrected chi connectivity index (χ2v) is 2.74. The van der Waals surface area contributed by atoms with E-state index in [9.17, 15) is 4.39 Å². The maximum Gasteiger partial charge on any atom is 0.102 e. The molecule has 3 nitrogen and oxygen atoms in total. The Kier molecular flexibility index (Phi) is 3.76. The van der Waals surface area contributed by atoms with Crippen LogP contribution in [-0.2, 0) is 0 Å². The Bertz CT molecular complexity index is 102. The highest BCUT2D eigenvalue weighted by Crippen LogP contribution is 1.97. The minimum Gasteiger partial charge on any atom is -0.298 e. The van der Waals surface area contributed by atoms with Gasteiger partial charge >= 0.3 is 0 Å². The summed E-state index contributed by atoms with van der Waals surface area (Å²) >= 11 is 0. The molecule has 1 N–H and O–H groups in total. The zero-order valence-corrected chi connectivity index (χ0v) is 7.02. The van der Waals surface area contributed by atoms with E-state index in [-0.39, 0.29) is 6.67 Å². The first kappa shape index (κ1) is 8.90. The summed E-state index contributed by atoms with van der Waals surface area (Å²) in [6.45, 7) is 4.32. The average Bonchev–Trinajstić information content (AvgIpc) is 2.07. The van der Waals surface area contributed by atoms with Crippen molar-refractivity contribution in [1.82, 2.24) is 15.3 Å². The van der Waals surface area contributed by atoms with Crippen molar-refractivity contribution in [3.63, 3.8) is 0 Å². The highest BCUT2D eigenvalue weighted by Gasteiger charge is 2.14. The number of hydrazine groups is 1. The molecular formula is C7H16FN3. The summed E-state index contributed by atoms with van der Waals surface area (Å²) in [6.07, 6.45) is 0. The lowest BCUT2D eigenvalue weighted by Crippen LogP contribution is -2.51. The van der Waals surface area contributed by atoms with Crippen LogP contribution in [0.25, 0.3) is 0 Å². The molecule has 0 aliphatic carbocycles. The van der Waals surface area contributed by atoms with Crippen molar-refractivity contribution in [3.05, 3.63) is 0 Å². The van der Waals surface area contributed by atoms with E-state index < -0.39 is 0 Å². The second kappa shape index (κ2) is 4.64. The van der Waals surface area contributed by atoms with Crippen LogP contribution < -0.4 is 5.43 Å². The van der Waals surface area contributed by atoms with Crippen LogP contribution in [0.1, 0.15) is 0 Å². The van der Waals surface area contributed by atoms with Gasteiger partial charge in [-0.2, -0.15) is 0 Å². The maximum absolute atomic E-state index is 11.9. The van der Waals surface area contributed by atoms with Gasteiger partial charge in [-0.05, 0) is 7.05 Å². The lowest BCUT2D eigenvalue weighted by atomic mass is 10.3. The second-order valence-electron chi connectivity index (χ2n) is 2.74. The topological polar surface area (TPSA) is 18.5 Å². The average molecular weight is 161 g/mol. The van der Waals surface area contributed by atoms with Gasteiger partial charge in [0.2, 0.25) is 0 Å². The van der Waals surface area contributed by atoms with Gasteiger partial charge in [-0.1, -0.05) is 0 Å². The first-order valence-corrected chi connectivity index (χ1v) is 4.07. The summed E-state index contributed by atoms with van der Waals surface area (Å²) in [5.41, 5.74) is 3.08. The van der Waals surface area contributed by atoms with Crippen molar-refractivity contribution in [2.45, 2.75) is 0 Å². The number of nitrogens with zero attached hydrogens (tertiary/aromatic N) is 2. The lowest BCUT2D eigenvalue weighted by Gasteiger charge is -2.33. The molecule has 0 radical (unpaired) electrons. The summed E-state index contributed by atoms with van der Waals surface area (Å²) in [5.74, 6) is 0. The first-order chi connectivity index (χ1) is 5.36. The third-order valence-corrected chi connectivity index (χ3v) is 2.09. The van der Waals surface area contributed by atoms with Crippen LogP contribution >= 0.6 is 0 Å². The predicted octanol–water partition coefficient (Wildman–Crippen LogP) is -0.292. The highest BCUT2D eigenvalue weighted by atomic mass is 19.1. The van der Waals surface area contributed by atoms with Crippen LogP contribution in [0.3, 0.4) is 0 Å². The number of piperazine rings is 1. The van der Waals surface area contributed by atoms with Crippen molar-refractivity contribution in [2.24, 2.45) is 0 Å². The molecule has 4 heteroatoms. The minimum absolute atomic E-state index is 0.223. The van der Waals surface area contributed by atoms with Crippen LogP contribution in [0.4, 0.5) is 4.39 Å². The molecule has 11 heavy (non-hydrogen) atoms. The van der Waals surface area contributed by atoms with E-state index in [0.717, 1.165) is 26.2 Å². The smallest absolute Gasteiger partial charge is 0.102 e. The Morgan fingerprint density at radius 2 is 1.91 bits per heavy atom. The summed E-state index contributed by atoms with van der Waals surface area (Å²) in [6, 6.07) is 0. The van der Waals surface area contributed by atoms with Crippen molar-refractivity contribution in [2.75, 3.05) is 46.4 Å². The number of hydrogen-bond acceptors (Lipinski definition) is 3. The standard InChI is InChI=1S/C7H16FN3/c1-9-11-6-4-10(3-2-8)5-7-11/h9H,2-7H2,1H3. The molecule has 66 valence electrons. The summed E-state index contributed by atoms with van der Waals surface area (Å²) in [4.78, 5) is 2.15. The molecule has 0 atom stereocenters. The van der Waals surface area contributed by atoms with Gasteiger partial charge in [-0.25, -0.2) is 9.40 Å². The van der Waals surface area contributed by atoms with Crippen molar-refractivity contribution in [1.29, 1.82) is 0 Å². The SMILES string of the molecule is CNN1CCN(CCF)CC1. The molecule has 1 rings (SSSR count). The zero-order valence-electron chi connectivity index (χ0n) is 7.02. The maximum atomic E-state index is 11.9.